The van der Waals surface area contributed by atoms with Gasteiger partial charge in [0.1, 0.15) is 0 Å². The highest BCUT2D eigenvalue weighted by Crippen LogP contribution is 2.36. The molecule has 2 N–H and O–H groups in total. The zero-order valence-electron chi connectivity index (χ0n) is 8.07. The number of aliphatic hydroxyl groups is 1. The molecule has 1 atom stereocenters. The van der Waals surface area contributed by atoms with Crippen LogP contribution in [0.3, 0.4) is 0 Å². The van der Waals surface area contributed by atoms with Crippen LogP contribution in [0.1, 0.15) is 5.56 Å². The molecular formula is C11H15NOS. The lowest BCUT2D eigenvalue weighted by Gasteiger charge is -2.08. The van der Waals surface area contributed by atoms with E-state index in [1.807, 2.05) is 11.8 Å². The molecule has 1 aliphatic rings. The lowest BCUT2D eigenvalue weighted by molar-refractivity contribution is 0.292. The Morgan fingerprint density at radius 1 is 1.43 bits per heavy atom. The quantitative estimate of drug-likeness (QED) is 0.733. The van der Waals surface area contributed by atoms with Crippen molar-refractivity contribution < 1.29 is 5.11 Å². The van der Waals surface area contributed by atoms with Gasteiger partial charge in [0.25, 0.3) is 0 Å². The number of rotatable bonds is 4. The van der Waals surface area contributed by atoms with E-state index in [0.29, 0.717) is 11.8 Å². The Morgan fingerprint density at radius 3 is 3.07 bits per heavy atom. The van der Waals surface area contributed by atoms with Crippen LogP contribution >= 0.6 is 11.8 Å². The van der Waals surface area contributed by atoms with E-state index in [9.17, 15) is 0 Å². The molecule has 0 aromatic heterocycles. The zero-order valence-corrected chi connectivity index (χ0v) is 8.89. The number of thioether (sulfide) groups is 1. The molecule has 0 bridgehead atoms. The van der Waals surface area contributed by atoms with Crippen LogP contribution in [0.25, 0.3) is 0 Å². The summed E-state index contributed by atoms with van der Waals surface area (Å²) < 4.78 is 0. The third kappa shape index (κ3) is 2.29. The lowest BCUT2D eigenvalue weighted by Crippen LogP contribution is -2.26. The van der Waals surface area contributed by atoms with Gasteiger partial charge < -0.3 is 10.4 Å². The highest BCUT2D eigenvalue weighted by Gasteiger charge is 2.20. The first kappa shape index (κ1) is 10.0. The van der Waals surface area contributed by atoms with Crippen molar-refractivity contribution >= 4 is 11.8 Å². The summed E-state index contributed by atoms with van der Waals surface area (Å²) in [6.45, 7) is 1.91. The minimum absolute atomic E-state index is 0.227. The van der Waals surface area contributed by atoms with Crippen LogP contribution in [0, 0.1) is 0 Å². The van der Waals surface area contributed by atoms with E-state index in [1.54, 1.807) is 0 Å². The first-order valence-electron chi connectivity index (χ1n) is 4.96. The fraction of sp³-hybridized carbons (Fsp3) is 0.455. The summed E-state index contributed by atoms with van der Waals surface area (Å²) in [5.74, 6) is 0. The maximum absolute atomic E-state index is 8.64. The fourth-order valence-electron chi connectivity index (χ4n) is 1.71. The van der Waals surface area contributed by atoms with Gasteiger partial charge in [0, 0.05) is 23.2 Å². The number of hydrogen-bond acceptors (Lipinski definition) is 3. The van der Waals surface area contributed by atoms with Gasteiger partial charge in [-0.15, -0.1) is 11.8 Å². The first-order chi connectivity index (χ1) is 6.90. The van der Waals surface area contributed by atoms with Crippen LogP contribution in [-0.2, 0) is 6.42 Å². The SMILES string of the molecule is OCCNCC1Cc2ccccc2S1. The van der Waals surface area contributed by atoms with Crippen molar-refractivity contribution in [3.8, 4) is 0 Å². The van der Waals surface area contributed by atoms with Crippen LogP contribution in [0.15, 0.2) is 29.2 Å². The average Bonchev–Trinajstić information content (AvgIpc) is 2.60. The molecule has 2 rings (SSSR count). The predicted octanol–water partition coefficient (Wildman–Crippen LogP) is 1.29. The van der Waals surface area contributed by atoms with Crippen LogP contribution in [0.4, 0.5) is 0 Å². The summed E-state index contributed by atoms with van der Waals surface area (Å²) in [4.78, 5) is 1.42. The normalized spacial score (nSPS) is 19.6. The van der Waals surface area contributed by atoms with E-state index in [2.05, 4.69) is 29.6 Å². The molecule has 2 nitrogen and oxygen atoms in total. The van der Waals surface area contributed by atoms with Gasteiger partial charge in [-0.1, -0.05) is 18.2 Å². The smallest absolute Gasteiger partial charge is 0.0555 e. The number of benzene rings is 1. The molecule has 1 aliphatic heterocycles. The molecule has 0 spiro atoms. The summed E-state index contributed by atoms with van der Waals surface area (Å²) in [7, 11) is 0. The Balaban J connectivity index is 1.86. The Hall–Kier alpha value is -0.510. The van der Waals surface area contributed by atoms with Gasteiger partial charge >= 0.3 is 0 Å². The van der Waals surface area contributed by atoms with Crippen molar-refractivity contribution in [3.63, 3.8) is 0 Å². The minimum Gasteiger partial charge on any atom is -0.395 e. The third-order valence-corrected chi connectivity index (χ3v) is 3.69. The molecule has 0 radical (unpaired) electrons. The van der Waals surface area contributed by atoms with Crippen molar-refractivity contribution in [2.45, 2.75) is 16.6 Å². The van der Waals surface area contributed by atoms with Crippen LogP contribution < -0.4 is 5.32 Å². The highest BCUT2D eigenvalue weighted by atomic mass is 32.2. The maximum atomic E-state index is 8.64. The third-order valence-electron chi connectivity index (χ3n) is 2.37. The molecule has 0 saturated carbocycles. The van der Waals surface area contributed by atoms with Crippen LogP contribution in [0.5, 0.6) is 0 Å². The summed E-state index contributed by atoms with van der Waals surface area (Å²) in [6, 6.07) is 8.58. The second kappa shape index (κ2) is 4.82. The van der Waals surface area contributed by atoms with E-state index in [0.717, 1.165) is 13.0 Å². The maximum Gasteiger partial charge on any atom is 0.0555 e. The topological polar surface area (TPSA) is 32.3 Å². The average molecular weight is 209 g/mol. The molecule has 1 aromatic rings. The first-order valence-corrected chi connectivity index (χ1v) is 5.84. The standard InChI is InChI=1S/C11H15NOS/c13-6-5-12-8-10-7-9-3-1-2-4-11(9)14-10/h1-4,10,12-13H,5-8H2. The Bertz CT molecular complexity index is 278. The van der Waals surface area contributed by atoms with Gasteiger partial charge in [0.05, 0.1) is 6.61 Å². The lowest BCUT2D eigenvalue weighted by atomic mass is 10.1. The summed E-state index contributed by atoms with van der Waals surface area (Å²) in [5, 5.41) is 12.5. The summed E-state index contributed by atoms with van der Waals surface area (Å²) in [5.41, 5.74) is 1.47. The highest BCUT2D eigenvalue weighted by molar-refractivity contribution is 8.00. The fourth-order valence-corrected chi connectivity index (χ4v) is 2.99. The van der Waals surface area contributed by atoms with Gasteiger partial charge in [-0.3, -0.25) is 0 Å². The van der Waals surface area contributed by atoms with E-state index >= 15 is 0 Å². The number of nitrogens with one attached hydrogen (secondary N) is 1. The minimum atomic E-state index is 0.227. The van der Waals surface area contributed by atoms with Gasteiger partial charge in [0.15, 0.2) is 0 Å². The molecule has 3 heteroatoms. The van der Waals surface area contributed by atoms with Crippen molar-refractivity contribution in [3.05, 3.63) is 29.8 Å². The second-order valence-corrected chi connectivity index (χ2v) is 4.82. The van der Waals surface area contributed by atoms with Crippen LogP contribution in [0.2, 0.25) is 0 Å². The van der Waals surface area contributed by atoms with Gasteiger partial charge in [-0.05, 0) is 18.1 Å². The van der Waals surface area contributed by atoms with E-state index < -0.39 is 0 Å². The number of aliphatic hydroxyl groups excluding tert-OH is 1. The van der Waals surface area contributed by atoms with E-state index in [-0.39, 0.29) is 6.61 Å². The molecule has 0 aliphatic carbocycles. The van der Waals surface area contributed by atoms with E-state index in [1.165, 1.54) is 10.5 Å². The van der Waals surface area contributed by atoms with E-state index in [4.69, 9.17) is 5.11 Å². The molecule has 1 heterocycles. The molecular weight excluding hydrogens is 194 g/mol. The van der Waals surface area contributed by atoms with Crippen molar-refractivity contribution in [2.24, 2.45) is 0 Å². The molecule has 1 aromatic carbocycles. The van der Waals surface area contributed by atoms with Gasteiger partial charge in [-0.25, -0.2) is 0 Å². The molecule has 0 amide bonds. The Kier molecular flexibility index (Phi) is 3.45. The van der Waals surface area contributed by atoms with Crippen molar-refractivity contribution in [1.82, 2.24) is 5.32 Å². The summed E-state index contributed by atoms with van der Waals surface area (Å²) >= 11 is 1.94. The number of fused-ring (bicyclic) bond motifs is 1. The van der Waals surface area contributed by atoms with Crippen LogP contribution in [-0.4, -0.2) is 30.1 Å². The van der Waals surface area contributed by atoms with Crippen molar-refractivity contribution in [2.75, 3.05) is 19.7 Å². The van der Waals surface area contributed by atoms with Gasteiger partial charge in [0.2, 0.25) is 0 Å². The molecule has 0 fully saturated rings. The molecule has 1 unspecified atom stereocenters. The zero-order chi connectivity index (χ0) is 9.80. The Morgan fingerprint density at radius 2 is 2.29 bits per heavy atom. The van der Waals surface area contributed by atoms with Crippen molar-refractivity contribution in [1.29, 1.82) is 0 Å². The van der Waals surface area contributed by atoms with Gasteiger partial charge in [-0.2, -0.15) is 0 Å². The monoisotopic (exact) mass is 209 g/mol. The molecule has 76 valence electrons. The number of hydrogen-bond donors (Lipinski definition) is 2. The largest absolute Gasteiger partial charge is 0.395 e. The Labute approximate surface area is 88.7 Å². The predicted molar refractivity (Wildman–Crippen MR) is 59.7 cm³/mol. The second-order valence-electron chi connectivity index (χ2n) is 3.48. The summed E-state index contributed by atoms with van der Waals surface area (Å²) in [6.07, 6.45) is 1.15. The molecule has 0 saturated heterocycles. The molecule has 14 heavy (non-hydrogen) atoms.